The molecule has 5 rings (SSSR count). The van der Waals surface area contributed by atoms with E-state index in [4.69, 9.17) is 9.76 Å². The lowest BCUT2D eigenvalue weighted by atomic mass is 9.77. The Balaban J connectivity index is 1.17. The molecule has 0 radical (unpaired) electrons. The van der Waals surface area contributed by atoms with Crippen LogP contribution in [0.1, 0.15) is 41.9 Å². The third-order valence-electron chi connectivity index (χ3n) is 6.99. The minimum atomic E-state index is -1.12. The van der Waals surface area contributed by atoms with Crippen LogP contribution in [0.25, 0.3) is 0 Å². The van der Waals surface area contributed by atoms with E-state index in [0.29, 0.717) is 43.2 Å². The standard InChI is InChI=1S/C31H33BN6O5S/c39-29(37-31-27(8-5-15-35-31)44-28-12-11-26(17-30(40)41)43-32(28)42)16-22-9-10-25(36-18-22)21-38(19-23-6-1-3-13-33-23)20-24-7-2-4-14-34-24/h1-10,13-15,18,26,28,42H,11-12,16-17,19-21H2,(H,40,41)(H,35,37,39)/t26-,28-/m0/s1. The smallest absolute Gasteiger partial charge is 0.468 e. The molecule has 1 fully saturated rings. The molecule has 1 aliphatic rings. The lowest BCUT2D eigenvalue weighted by molar-refractivity contribution is -0.139. The maximum Gasteiger partial charge on any atom is 0.468 e. The third-order valence-corrected chi connectivity index (χ3v) is 8.35. The van der Waals surface area contributed by atoms with Crippen LogP contribution in [0.3, 0.4) is 0 Å². The number of nitrogens with one attached hydrogen (secondary N) is 1. The third kappa shape index (κ3) is 9.42. The molecule has 44 heavy (non-hydrogen) atoms. The minimum Gasteiger partial charge on any atom is -0.481 e. The van der Waals surface area contributed by atoms with Crippen molar-refractivity contribution < 1.29 is 24.4 Å². The van der Waals surface area contributed by atoms with Gasteiger partial charge in [0.15, 0.2) is 0 Å². The second-order valence-electron chi connectivity index (χ2n) is 10.5. The topological polar surface area (TPSA) is 151 Å². The maximum atomic E-state index is 13.0. The van der Waals surface area contributed by atoms with Gasteiger partial charge in [-0.1, -0.05) is 18.2 Å². The molecule has 226 valence electrons. The van der Waals surface area contributed by atoms with Crippen LogP contribution >= 0.6 is 11.8 Å². The molecule has 13 heteroatoms. The number of pyridine rings is 4. The predicted molar refractivity (Wildman–Crippen MR) is 166 cm³/mol. The van der Waals surface area contributed by atoms with Crippen molar-refractivity contribution in [2.75, 3.05) is 5.32 Å². The largest absolute Gasteiger partial charge is 0.481 e. The summed E-state index contributed by atoms with van der Waals surface area (Å²) in [4.78, 5) is 44.8. The molecule has 4 aromatic rings. The monoisotopic (exact) mass is 612 g/mol. The van der Waals surface area contributed by atoms with E-state index in [1.54, 1.807) is 30.9 Å². The Morgan fingerprint density at radius 3 is 2.16 bits per heavy atom. The number of aromatic nitrogens is 4. The van der Waals surface area contributed by atoms with Crippen LogP contribution in [-0.4, -0.2) is 65.2 Å². The number of carbonyl (C=O) groups is 2. The normalized spacial score (nSPS) is 16.5. The van der Waals surface area contributed by atoms with Crippen LogP contribution in [0.4, 0.5) is 5.82 Å². The van der Waals surface area contributed by atoms with Gasteiger partial charge < -0.3 is 20.1 Å². The first kappa shape index (κ1) is 31.3. The lowest BCUT2D eigenvalue weighted by Crippen LogP contribution is -2.42. The molecule has 0 saturated carbocycles. The highest BCUT2D eigenvalue weighted by atomic mass is 32.2. The van der Waals surface area contributed by atoms with Gasteiger partial charge in [0, 0.05) is 54.5 Å². The molecule has 0 unspecified atom stereocenters. The van der Waals surface area contributed by atoms with E-state index in [9.17, 15) is 14.6 Å². The van der Waals surface area contributed by atoms with Crippen molar-refractivity contribution in [2.45, 2.75) is 61.5 Å². The highest BCUT2D eigenvalue weighted by Crippen LogP contribution is 2.35. The molecule has 4 aromatic heterocycles. The van der Waals surface area contributed by atoms with Gasteiger partial charge in [-0.2, -0.15) is 0 Å². The minimum absolute atomic E-state index is 0.117. The van der Waals surface area contributed by atoms with Gasteiger partial charge in [-0.05, 0) is 60.9 Å². The van der Waals surface area contributed by atoms with Crippen LogP contribution in [0.5, 0.6) is 0 Å². The first-order chi connectivity index (χ1) is 21.4. The van der Waals surface area contributed by atoms with Gasteiger partial charge in [0.05, 0.1) is 36.0 Å². The number of amides is 1. The van der Waals surface area contributed by atoms with E-state index in [2.05, 4.69) is 30.2 Å². The van der Waals surface area contributed by atoms with Gasteiger partial charge >= 0.3 is 13.1 Å². The molecule has 1 amide bonds. The number of carbonyl (C=O) groups excluding carboxylic acids is 1. The average molecular weight is 613 g/mol. The molecule has 3 N–H and O–H groups in total. The van der Waals surface area contributed by atoms with E-state index < -0.39 is 19.2 Å². The number of anilines is 1. The van der Waals surface area contributed by atoms with Gasteiger partial charge in [-0.3, -0.25) is 29.4 Å². The van der Waals surface area contributed by atoms with Crippen molar-refractivity contribution in [3.63, 3.8) is 0 Å². The van der Waals surface area contributed by atoms with Gasteiger partial charge in [0.1, 0.15) is 5.82 Å². The summed E-state index contributed by atoms with van der Waals surface area (Å²) in [6, 6.07) is 19.1. The van der Waals surface area contributed by atoms with E-state index in [1.807, 2.05) is 54.6 Å². The fourth-order valence-corrected chi connectivity index (χ4v) is 6.04. The molecule has 1 saturated heterocycles. The van der Waals surface area contributed by atoms with E-state index >= 15 is 0 Å². The zero-order valence-electron chi connectivity index (χ0n) is 24.0. The summed E-state index contributed by atoms with van der Waals surface area (Å²) in [6.45, 7) is 1.86. The second-order valence-corrected chi connectivity index (χ2v) is 11.8. The summed E-state index contributed by atoms with van der Waals surface area (Å²) in [7, 11) is -1.12. The summed E-state index contributed by atoms with van der Waals surface area (Å²) >= 11 is 1.35. The number of thioether (sulfide) groups is 1. The highest BCUT2D eigenvalue weighted by Gasteiger charge is 2.37. The Morgan fingerprint density at radius 2 is 1.57 bits per heavy atom. The summed E-state index contributed by atoms with van der Waals surface area (Å²) in [5.74, 6) is -0.806. The van der Waals surface area contributed by atoms with Gasteiger partial charge in [0.2, 0.25) is 5.91 Å². The molecule has 0 bridgehead atoms. The number of rotatable bonds is 13. The van der Waals surface area contributed by atoms with Gasteiger partial charge in [0.25, 0.3) is 0 Å². The summed E-state index contributed by atoms with van der Waals surface area (Å²) < 4.78 is 5.50. The molecule has 1 aliphatic heterocycles. The average Bonchev–Trinajstić information content (AvgIpc) is 3.01. The number of aliphatic carboxylic acids is 1. The maximum absolute atomic E-state index is 13.0. The molecule has 0 aliphatic carbocycles. The molecule has 2 atom stereocenters. The molecule has 0 aromatic carbocycles. The number of nitrogens with zero attached hydrogens (tertiary/aromatic N) is 5. The van der Waals surface area contributed by atoms with Crippen molar-refractivity contribution in [3.8, 4) is 0 Å². The van der Waals surface area contributed by atoms with E-state index in [1.165, 1.54) is 11.8 Å². The van der Waals surface area contributed by atoms with Crippen molar-refractivity contribution >= 4 is 36.6 Å². The highest BCUT2D eigenvalue weighted by molar-refractivity contribution is 8.01. The first-order valence-corrected chi connectivity index (χ1v) is 15.2. The summed E-state index contributed by atoms with van der Waals surface area (Å²) in [6.07, 6.45) is 7.43. The lowest BCUT2D eigenvalue weighted by Gasteiger charge is -2.30. The Kier molecular flexibility index (Phi) is 11.0. The summed E-state index contributed by atoms with van der Waals surface area (Å²) in [5, 5.41) is 22.0. The second kappa shape index (κ2) is 15.5. The number of carboxylic acid groups (broad SMARTS) is 1. The number of hydrogen-bond acceptors (Lipinski definition) is 10. The first-order valence-electron chi connectivity index (χ1n) is 14.3. The van der Waals surface area contributed by atoms with Gasteiger partial charge in [-0.15, -0.1) is 11.8 Å². The predicted octanol–water partition coefficient (Wildman–Crippen LogP) is 3.78. The molecule has 0 spiro atoms. The SMILES string of the molecule is O=C(O)C[C@@H]1CC[C@H](Sc2cccnc2NC(=O)Cc2ccc(CN(Cc3ccccn3)Cc3ccccn3)nc2)B(O)O1. The van der Waals surface area contributed by atoms with Crippen molar-refractivity contribution in [2.24, 2.45) is 0 Å². The van der Waals surface area contributed by atoms with Gasteiger partial charge in [-0.25, -0.2) is 4.98 Å². The van der Waals surface area contributed by atoms with E-state index in [-0.39, 0.29) is 23.9 Å². The zero-order valence-corrected chi connectivity index (χ0v) is 24.8. The molecule has 5 heterocycles. The number of hydrogen-bond donors (Lipinski definition) is 3. The Labute approximate surface area is 260 Å². The summed E-state index contributed by atoms with van der Waals surface area (Å²) in [5.41, 5.74) is 3.54. The molecular formula is C31H33BN6O5S. The number of carboxylic acids is 1. The van der Waals surface area contributed by atoms with Crippen molar-refractivity contribution in [1.82, 2.24) is 24.8 Å². The molecular weight excluding hydrogens is 579 g/mol. The van der Waals surface area contributed by atoms with Crippen molar-refractivity contribution in [1.29, 1.82) is 0 Å². The van der Waals surface area contributed by atoms with Crippen LogP contribution in [0.2, 0.25) is 0 Å². The fourth-order valence-electron chi connectivity index (χ4n) is 4.90. The van der Waals surface area contributed by atoms with Crippen LogP contribution < -0.4 is 5.32 Å². The van der Waals surface area contributed by atoms with Crippen molar-refractivity contribution in [3.05, 3.63) is 108 Å². The molecule has 11 nitrogen and oxygen atoms in total. The Hall–Kier alpha value is -4.17. The Morgan fingerprint density at radius 1 is 0.886 bits per heavy atom. The zero-order chi connectivity index (χ0) is 30.7. The Bertz CT molecular complexity index is 1480. The van der Waals surface area contributed by atoms with E-state index in [0.717, 1.165) is 22.6 Å². The van der Waals surface area contributed by atoms with Crippen LogP contribution in [-0.2, 0) is 40.3 Å². The van der Waals surface area contributed by atoms with Crippen LogP contribution in [0, 0.1) is 0 Å². The van der Waals surface area contributed by atoms with Crippen LogP contribution in [0.15, 0.2) is 90.3 Å². The quantitative estimate of drug-likeness (QED) is 0.189. The fraction of sp³-hybridized carbons (Fsp3) is 0.290.